The average molecular weight is 324 g/mol. The van der Waals surface area contributed by atoms with E-state index in [1.807, 2.05) is 0 Å². The molecule has 0 fully saturated rings. The number of carbonyl (C=O) groups is 2. The van der Waals surface area contributed by atoms with Crippen LogP contribution in [0.2, 0.25) is 0 Å². The summed E-state index contributed by atoms with van der Waals surface area (Å²) in [7, 11) is 0. The van der Waals surface area contributed by atoms with Crippen LogP contribution in [0.15, 0.2) is 0 Å². The number of aliphatic hydroxyl groups is 4. The Morgan fingerprint density at radius 3 is 1.14 bits per heavy atom. The van der Waals surface area contributed by atoms with Crippen molar-refractivity contribution in [2.45, 2.75) is 12.8 Å². The predicted octanol–water partition coefficient (Wildman–Crippen LogP) is -2.74. The molecule has 0 aliphatic carbocycles. The molecule has 130 valence electrons. The number of rotatable bonds is 13. The maximum Gasteiger partial charge on any atom is 0.325 e. The molecule has 0 radical (unpaired) electrons. The standard InChI is InChI=1S/C12H24N2O8/c15-7-3-13(4-8-16)21-11(19)1-2-12(20)22-14(5-9-17)6-10-18/h15-18H,1-10H2. The van der Waals surface area contributed by atoms with Gasteiger partial charge < -0.3 is 30.1 Å². The van der Waals surface area contributed by atoms with Crippen molar-refractivity contribution in [2.75, 3.05) is 52.6 Å². The van der Waals surface area contributed by atoms with Crippen LogP contribution in [0.1, 0.15) is 12.8 Å². The molecule has 0 atom stereocenters. The Hall–Kier alpha value is -1.30. The van der Waals surface area contributed by atoms with Crippen LogP contribution in [0, 0.1) is 0 Å². The van der Waals surface area contributed by atoms with Gasteiger partial charge in [0.05, 0.1) is 65.4 Å². The molecule has 0 rings (SSSR count). The number of nitrogens with zero attached hydrogens (tertiary/aromatic N) is 2. The number of carbonyl (C=O) groups excluding carboxylic acids is 2. The van der Waals surface area contributed by atoms with Crippen LogP contribution in [-0.4, -0.2) is 95.1 Å². The molecule has 0 bridgehead atoms. The third kappa shape index (κ3) is 10.4. The molecule has 0 unspecified atom stereocenters. The van der Waals surface area contributed by atoms with E-state index in [0.717, 1.165) is 10.1 Å². The van der Waals surface area contributed by atoms with E-state index in [2.05, 4.69) is 0 Å². The van der Waals surface area contributed by atoms with E-state index in [4.69, 9.17) is 30.1 Å². The lowest BCUT2D eigenvalue weighted by atomic mass is 10.3. The van der Waals surface area contributed by atoms with Gasteiger partial charge in [-0.1, -0.05) is 0 Å². The Morgan fingerprint density at radius 1 is 0.636 bits per heavy atom. The molecule has 10 nitrogen and oxygen atoms in total. The van der Waals surface area contributed by atoms with Gasteiger partial charge in [0.15, 0.2) is 0 Å². The highest BCUT2D eigenvalue weighted by atomic mass is 16.7. The summed E-state index contributed by atoms with van der Waals surface area (Å²) in [5, 5.41) is 37.2. The number of hydrogen-bond donors (Lipinski definition) is 4. The van der Waals surface area contributed by atoms with Crippen LogP contribution in [0.4, 0.5) is 0 Å². The highest BCUT2D eigenvalue weighted by Gasteiger charge is 2.16. The highest BCUT2D eigenvalue weighted by Crippen LogP contribution is 2.01. The van der Waals surface area contributed by atoms with Gasteiger partial charge in [-0.05, 0) is 0 Å². The normalized spacial score (nSPS) is 11.0. The average Bonchev–Trinajstić information content (AvgIpc) is 2.46. The van der Waals surface area contributed by atoms with Crippen LogP contribution in [0.25, 0.3) is 0 Å². The lowest BCUT2D eigenvalue weighted by Crippen LogP contribution is -2.34. The molecule has 0 aromatic carbocycles. The summed E-state index contributed by atoms with van der Waals surface area (Å²) in [6, 6.07) is 0. The quantitative estimate of drug-likeness (QED) is 0.264. The maximum absolute atomic E-state index is 11.5. The molecule has 0 saturated heterocycles. The largest absolute Gasteiger partial charge is 0.395 e. The van der Waals surface area contributed by atoms with Crippen molar-refractivity contribution in [1.82, 2.24) is 10.1 Å². The monoisotopic (exact) mass is 324 g/mol. The van der Waals surface area contributed by atoms with Crippen molar-refractivity contribution in [1.29, 1.82) is 0 Å². The van der Waals surface area contributed by atoms with Gasteiger partial charge in [-0.3, -0.25) is 9.59 Å². The van der Waals surface area contributed by atoms with E-state index in [0.29, 0.717) is 0 Å². The molecule has 0 amide bonds. The Kier molecular flexibility index (Phi) is 12.6. The van der Waals surface area contributed by atoms with E-state index in [-0.39, 0.29) is 65.4 Å². The summed E-state index contributed by atoms with van der Waals surface area (Å²) in [6.07, 6.45) is -0.476. The molecule has 0 heterocycles. The second kappa shape index (κ2) is 13.4. The number of hydroxylamine groups is 4. The second-order valence-electron chi connectivity index (χ2n) is 4.18. The fraction of sp³-hybridized carbons (Fsp3) is 0.833. The molecule has 0 spiro atoms. The van der Waals surface area contributed by atoms with Crippen molar-refractivity contribution < 1.29 is 39.7 Å². The van der Waals surface area contributed by atoms with Crippen LogP contribution in [0.5, 0.6) is 0 Å². The highest BCUT2D eigenvalue weighted by molar-refractivity contribution is 5.77. The fourth-order valence-corrected chi connectivity index (χ4v) is 1.44. The minimum atomic E-state index is -0.699. The zero-order valence-corrected chi connectivity index (χ0v) is 12.4. The van der Waals surface area contributed by atoms with Gasteiger partial charge in [-0.15, -0.1) is 10.1 Å². The summed E-state index contributed by atoms with van der Waals surface area (Å²) in [5.41, 5.74) is 0. The first kappa shape index (κ1) is 20.7. The predicted molar refractivity (Wildman–Crippen MR) is 72.9 cm³/mol. The summed E-state index contributed by atoms with van der Waals surface area (Å²) >= 11 is 0. The SMILES string of the molecule is O=C(CCC(=O)ON(CCO)CCO)ON(CCO)CCO. The van der Waals surface area contributed by atoms with Crippen molar-refractivity contribution in [2.24, 2.45) is 0 Å². The molecule has 0 aliphatic heterocycles. The zero-order chi connectivity index (χ0) is 16.8. The van der Waals surface area contributed by atoms with Crippen molar-refractivity contribution in [3.63, 3.8) is 0 Å². The first-order valence-electron chi connectivity index (χ1n) is 6.92. The third-order valence-electron chi connectivity index (χ3n) is 2.39. The molecule has 10 heteroatoms. The maximum atomic E-state index is 11.5. The van der Waals surface area contributed by atoms with Crippen molar-refractivity contribution in [3.05, 3.63) is 0 Å². The molecular formula is C12H24N2O8. The minimum absolute atomic E-state index is 0.0531. The molecule has 0 aromatic heterocycles. The van der Waals surface area contributed by atoms with Crippen molar-refractivity contribution >= 4 is 11.9 Å². The summed E-state index contributed by atoms with van der Waals surface area (Å²) in [6.45, 7) is -0.761. The van der Waals surface area contributed by atoms with Crippen LogP contribution >= 0.6 is 0 Å². The molecule has 0 aliphatic rings. The summed E-state index contributed by atoms with van der Waals surface area (Å²) in [4.78, 5) is 32.7. The van der Waals surface area contributed by atoms with Gasteiger partial charge in [0.2, 0.25) is 0 Å². The number of hydrogen-bond acceptors (Lipinski definition) is 10. The van der Waals surface area contributed by atoms with Gasteiger partial charge in [-0.2, -0.15) is 0 Å². The summed E-state index contributed by atoms with van der Waals surface area (Å²) in [5.74, 6) is -1.40. The van der Waals surface area contributed by atoms with E-state index in [1.165, 1.54) is 0 Å². The molecule has 0 saturated carbocycles. The smallest absolute Gasteiger partial charge is 0.325 e. The van der Waals surface area contributed by atoms with Crippen LogP contribution in [-0.2, 0) is 19.3 Å². The van der Waals surface area contributed by atoms with E-state index in [1.54, 1.807) is 0 Å². The van der Waals surface area contributed by atoms with E-state index < -0.39 is 11.9 Å². The van der Waals surface area contributed by atoms with Gasteiger partial charge in [-0.25, -0.2) is 0 Å². The molecule has 22 heavy (non-hydrogen) atoms. The van der Waals surface area contributed by atoms with Crippen LogP contribution in [0.3, 0.4) is 0 Å². The zero-order valence-electron chi connectivity index (χ0n) is 12.4. The topological polar surface area (TPSA) is 140 Å². The van der Waals surface area contributed by atoms with Crippen molar-refractivity contribution in [3.8, 4) is 0 Å². The Balaban J connectivity index is 4.08. The lowest BCUT2D eigenvalue weighted by molar-refractivity contribution is -0.201. The first-order chi connectivity index (χ1) is 10.6. The Morgan fingerprint density at radius 2 is 0.909 bits per heavy atom. The lowest BCUT2D eigenvalue weighted by Gasteiger charge is -2.20. The Labute approximate surface area is 128 Å². The first-order valence-corrected chi connectivity index (χ1v) is 6.92. The van der Waals surface area contributed by atoms with Gasteiger partial charge in [0.25, 0.3) is 0 Å². The summed E-state index contributed by atoms with van der Waals surface area (Å²) < 4.78 is 0. The van der Waals surface area contributed by atoms with Crippen LogP contribution < -0.4 is 0 Å². The molecule has 0 aromatic rings. The van der Waals surface area contributed by atoms with Gasteiger partial charge >= 0.3 is 11.9 Å². The van der Waals surface area contributed by atoms with E-state index >= 15 is 0 Å². The number of aliphatic hydroxyl groups excluding tert-OH is 4. The Bertz CT molecular complexity index is 274. The van der Waals surface area contributed by atoms with Gasteiger partial charge in [0, 0.05) is 0 Å². The van der Waals surface area contributed by atoms with Gasteiger partial charge in [0.1, 0.15) is 0 Å². The fourth-order valence-electron chi connectivity index (χ4n) is 1.44. The van der Waals surface area contributed by atoms with E-state index in [9.17, 15) is 9.59 Å². The molecule has 4 N–H and O–H groups in total. The minimum Gasteiger partial charge on any atom is -0.395 e. The molecular weight excluding hydrogens is 300 g/mol. The second-order valence-corrected chi connectivity index (χ2v) is 4.18. The third-order valence-corrected chi connectivity index (χ3v) is 2.39.